The van der Waals surface area contributed by atoms with Gasteiger partial charge in [0.1, 0.15) is 31.0 Å². The first-order chi connectivity index (χ1) is 27.4. The third-order valence-electron chi connectivity index (χ3n) is 9.78. The highest BCUT2D eigenvalue weighted by Crippen LogP contribution is 2.20. The number of alkyl carbamates (subject to hydrolysis) is 1. The summed E-state index contributed by atoms with van der Waals surface area (Å²) in [6.07, 6.45) is 1.12. The zero-order chi connectivity index (χ0) is 41.2. The number of carbonyl (C=O) groups excluding carboxylic acids is 6. The number of rotatable bonds is 21. The Labute approximate surface area is 332 Å². The largest absolute Gasteiger partial charge is 0.445 e. The van der Waals surface area contributed by atoms with Crippen molar-refractivity contribution in [3.05, 3.63) is 102 Å². The molecule has 0 bridgehead atoms. The molecule has 4 rings (SSSR count). The second-order valence-corrected chi connectivity index (χ2v) is 14.0. The predicted octanol–water partition coefficient (Wildman–Crippen LogP) is 1.07. The lowest BCUT2D eigenvalue weighted by atomic mass is 9.97. The Kier molecular flexibility index (Phi) is 17.4. The summed E-state index contributed by atoms with van der Waals surface area (Å²) < 4.78 is 5.21. The number of amides is 6. The van der Waals surface area contributed by atoms with Gasteiger partial charge in [-0.25, -0.2) is 4.79 Å². The van der Waals surface area contributed by atoms with Crippen molar-refractivity contribution in [2.24, 2.45) is 11.7 Å². The molecule has 1 fully saturated rings. The van der Waals surface area contributed by atoms with Crippen LogP contribution in [-0.4, -0.2) is 101 Å². The summed E-state index contributed by atoms with van der Waals surface area (Å²) in [5.74, 6) is -3.27. The monoisotopic (exact) mass is 786 g/mol. The van der Waals surface area contributed by atoms with E-state index in [1.54, 1.807) is 65.7 Å². The number of nitrogens with one attached hydrogen (secondary N) is 5. The molecule has 0 radical (unpaired) electrons. The maximum atomic E-state index is 13.7. The molecule has 6 atom stereocenters. The van der Waals surface area contributed by atoms with E-state index in [2.05, 4.69) is 31.6 Å². The lowest BCUT2D eigenvalue weighted by Crippen LogP contribution is -2.58. The SMILES string of the molecule is CC[C@H](C)[C@H](NC(=O)[C@@H]1CCCN1C(O)CNC(=O)[C@H](Cc1ccccc1)NC(=O)[C@H](CC(N)=O)NC(=O)OCc1ccccc1)C(=O)NCCc1ccccn1. The van der Waals surface area contributed by atoms with Crippen LogP contribution in [0.15, 0.2) is 85.1 Å². The first kappa shape index (κ1) is 43.9. The molecule has 2 heterocycles. The maximum Gasteiger partial charge on any atom is 0.408 e. The average molecular weight is 787 g/mol. The van der Waals surface area contributed by atoms with Gasteiger partial charge in [-0.2, -0.15) is 0 Å². The third kappa shape index (κ3) is 14.3. The Morgan fingerprint density at radius 3 is 2.19 bits per heavy atom. The molecule has 16 heteroatoms. The van der Waals surface area contributed by atoms with Crippen LogP contribution >= 0.6 is 0 Å². The van der Waals surface area contributed by atoms with Crippen LogP contribution in [0.5, 0.6) is 0 Å². The number of likely N-dealkylation sites (tertiary alicyclic amines) is 1. The van der Waals surface area contributed by atoms with Gasteiger partial charge >= 0.3 is 6.09 Å². The standard InChI is InChI=1S/C41H54N8O8/c1-3-27(2)36(40(55)44-21-19-30-17-10-11-20-43-30)48-39(54)33-18-12-22-49(33)35(51)25-45-37(52)31(23-28-13-6-4-7-14-28)46-38(53)32(24-34(42)50)47-41(56)57-26-29-15-8-5-9-16-29/h4-11,13-17,20,27,31-33,35-36,51H,3,12,18-19,21-26H2,1-2H3,(H2,42,50)(H,44,55)(H,45,52)(H,46,53)(H,47,56)(H,48,54)/t27-,31-,32-,33-,35?,36-/m0/s1. The van der Waals surface area contributed by atoms with E-state index in [0.29, 0.717) is 49.9 Å². The molecular formula is C41H54N8O8. The number of primary amides is 1. The molecule has 1 aliphatic heterocycles. The molecule has 306 valence electrons. The summed E-state index contributed by atoms with van der Waals surface area (Å²) in [7, 11) is 0. The highest BCUT2D eigenvalue weighted by atomic mass is 16.5. The Bertz CT molecular complexity index is 1770. The van der Waals surface area contributed by atoms with Crippen molar-refractivity contribution in [2.75, 3.05) is 19.6 Å². The quantitative estimate of drug-likeness (QED) is 0.0812. The molecule has 0 spiro atoms. The molecule has 1 aliphatic rings. The van der Waals surface area contributed by atoms with E-state index in [1.807, 2.05) is 38.1 Å². The van der Waals surface area contributed by atoms with Crippen LogP contribution in [0.4, 0.5) is 4.79 Å². The molecule has 3 aromatic rings. The van der Waals surface area contributed by atoms with E-state index in [4.69, 9.17) is 10.5 Å². The summed E-state index contributed by atoms with van der Waals surface area (Å²) in [6.45, 7) is 4.16. The molecule has 2 aromatic carbocycles. The molecule has 16 nitrogen and oxygen atoms in total. The van der Waals surface area contributed by atoms with Gasteiger partial charge in [0, 0.05) is 37.8 Å². The van der Waals surface area contributed by atoms with Gasteiger partial charge in [0.2, 0.25) is 29.5 Å². The minimum absolute atomic E-state index is 0.0337. The number of aromatic nitrogens is 1. The number of hydrogen-bond acceptors (Lipinski definition) is 10. The molecule has 8 N–H and O–H groups in total. The smallest absolute Gasteiger partial charge is 0.408 e. The van der Waals surface area contributed by atoms with E-state index in [9.17, 15) is 33.9 Å². The number of aliphatic hydroxyl groups excluding tert-OH is 1. The number of nitrogens with two attached hydrogens (primary N) is 1. The van der Waals surface area contributed by atoms with Crippen molar-refractivity contribution in [3.8, 4) is 0 Å². The first-order valence-electron chi connectivity index (χ1n) is 19.2. The van der Waals surface area contributed by atoms with Crippen molar-refractivity contribution >= 4 is 35.6 Å². The fourth-order valence-corrected chi connectivity index (χ4v) is 6.43. The van der Waals surface area contributed by atoms with Crippen LogP contribution in [0.1, 0.15) is 56.4 Å². The number of benzene rings is 2. The van der Waals surface area contributed by atoms with E-state index >= 15 is 0 Å². The van der Waals surface area contributed by atoms with E-state index in [0.717, 1.165) is 5.69 Å². The number of nitrogens with zero attached hydrogens (tertiary/aromatic N) is 2. The van der Waals surface area contributed by atoms with Crippen LogP contribution in [0.2, 0.25) is 0 Å². The number of aliphatic hydroxyl groups is 1. The Hall–Kier alpha value is -5.87. The summed E-state index contributed by atoms with van der Waals surface area (Å²) in [5.41, 5.74) is 7.63. The topological polar surface area (TPSA) is 234 Å². The molecule has 0 aliphatic carbocycles. The Balaban J connectivity index is 1.37. The van der Waals surface area contributed by atoms with Gasteiger partial charge in [-0.05, 0) is 42.0 Å². The summed E-state index contributed by atoms with van der Waals surface area (Å²) in [6, 6.07) is 19.1. The van der Waals surface area contributed by atoms with Crippen molar-refractivity contribution in [2.45, 2.75) is 89.4 Å². The minimum atomic E-state index is -1.45. The average Bonchev–Trinajstić information content (AvgIpc) is 3.72. The fourth-order valence-electron chi connectivity index (χ4n) is 6.43. The number of hydrogen-bond donors (Lipinski definition) is 7. The predicted molar refractivity (Wildman–Crippen MR) is 211 cm³/mol. The number of ether oxygens (including phenoxy) is 1. The summed E-state index contributed by atoms with van der Waals surface area (Å²) in [4.78, 5) is 84.4. The van der Waals surface area contributed by atoms with Gasteiger partial charge in [-0.1, -0.05) is 87.0 Å². The van der Waals surface area contributed by atoms with Crippen molar-refractivity contribution in [3.63, 3.8) is 0 Å². The highest BCUT2D eigenvalue weighted by molar-refractivity contribution is 5.94. The lowest BCUT2D eigenvalue weighted by Gasteiger charge is -2.31. The van der Waals surface area contributed by atoms with E-state index in [-0.39, 0.29) is 31.4 Å². The van der Waals surface area contributed by atoms with Crippen molar-refractivity contribution < 1.29 is 38.6 Å². The number of carbonyl (C=O) groups is 6. The van der Waals surface area contributed by atoms with E-state index in [1.165, 1.54) is 0 Å². The van der Waals surface area contributed by atoms with Gasteiger partial charge in [0.05, 0.1) is 19.0 Å². The van der Waals surface area contributed by atoms with Gasteiger partial charge in [0.15, 0.2) is 0 Å². The summed E-state index contributed by atoms with van der Waals surface area (Å²) >= 11 is 0. The number of pyridine rings is 1. The van der Waals surface area contributed by atoms with Crippen LogP contribution in [0.25, 0.3) is 0 Å². The van der Waals surface area contributed by atoms with Gasteiger partial charge in [-0.3, -0.25) is 33.9 Å². The molecule has 1 aromatic heterocycles. The molecular weight excluding hydrogens is 732 g/mol. The van der Waals surface area contributed by atoms with Gasteiger partial charge in [0.25, 0.3) is 0 Å². The second kappa shape index (κ2) is 22.6. The zero-order valence-electron chi connectivity index (χ0n) is 32.4. The normalized spacial score (nSPS) is 16.5. The lowest BCUT2D eigenvalue weighted by molar-refractivity contribution is -0.135. The molecule has 1 saturated heterocycles. The van der Waals surface area contributed by atoms with Gasteiger partial charge < -0.3 is 42.2 Å². The van der Waals surface area contributed by atoms with Crippen LogP contribution in [0, 0.1) is 5.92 Å². The Morgan fingerprint density at radius 2 is 1.54 bits per heavy atom. The fraction of sp³-hybridized carbons (Fsp3) is 0.439. The molecule has 6 amide bonds. The first-order valence-corrected chi connectivity index (χ1v) is 19.2. The van der Waals surface area contributed by atoms with Crippen molar-refractivity contribution in [1.82, 2.24) is 36.5 Å². The summed E-state index contributed by atoms with van der Waals surface area (Å²) in [5, 5.41) is 24.7. The minimum Gasteiger partial charge on any atom is -0.445 e. The Morgan fingerprint density at radius 1 is 0.860 bits per heavy atom. The third-order valence-corrected chi connectivity index (χ3v) is 9.78. The molecule has 0 saturated carbocycles. The molecule has 1 unspecified atom stereocenters. The van der Waals surface area contributed by atoms with Gasteiger partial charge in [-0.15, -0.1) is 0 Å². The van der Waals surface area contributed by atoms with Crippen LogP contribution in [-0.2, 0) is 48.2 Å². The van der Waals surface area contributed by atoms with Crippen LogP contribution in [0.3, 0.4) is 0 Å². The van der Waals surface area contributed by atoms with Crippen molar-refractivity contribution in [1.29, 1.82) is 0 Å². The highest BCUT2D eigenvalue weighted by Gasteiger charge is 2.38. The second-order valence-electron chi connectivity index (χ2n) is 14.0. The zero-order valence-corrected chi connectivity index (χ0v) is 32.4. The van der Waals surface area contributed by atoms with E-state index < -0.39 is 66.5 Å². The van der Waals surface area contributed by atoms with Crippen LogP contribution < -0.4 is 32.3 Å². The molecule has 57 heavy (non-hydrogen) atoms. The maximum absolute atomic E-state index is 13.7.